The van der Waals surface area contributed by atoms with Crippen molar-refractivity contribution in [2.24, 2.45) is 0 Å². The summed E-state index contributed by atoms with van der Waals surface area (Å²) >= 11 is 1.32. The van der Waals surface area contributed by atoms with Gasteiger partial charge in [-0.25, -0.2) is 4.98 Å². The van der Waals surface area contributed by atoms with Gasteiger partial charge in [0.1, 0.15) is 0 Å². The highest BCUT2D eigenvalue weighted by Crippen LogP contribution is 2.49. The maximum absolute atomic E-state index is 14.7. The van der Waals surface area contributed by atoms with Gasteiger partial charge in [-0.3, -0.25) is 14.2 Å². The highest BCUT2D eigenvalue weighted by molar-refractivity contribution is 7.99. The third-order valence-electron chi connectivity index (χ3n) is 8.85. The lowest BCUT2D eigenvalue weighted by Crippen LogP contribution is -2.43. The molecule has 0 atom stereocenters. The Morgan fingerprint density at radius 2 is 1.69 bits per heavy atom. The first-order valence-electron chi connectivity index (χ1n) is 14.8. The van der Waals surface area contributed by atoms with Gasteiger partial charge in [-0.05, 0) is 60.9 Å². The summed E-state index contributed by atoms with van der Waals surface area (Å²) < 4.78 is 1.76. The van der Waals surface area contributed by atoms with Crippen molar-refractivity contribution in [3.8, 4) is 16.9 Å². The normalized spacial score (nSPS) is 15.3. The predicted molar refractivity (Wildman–Crippen MR) is 172 cm³/mol. The van der Waals surface area contributed by atoms with Gasteiger partial charge in [0.15, 0.2) is 5.16 Å². The summed E-state index contributed by atoms with van der Waals surface area (Å²) in [5.41, 5.74) is 6.39. The molecule has 0 bridgehead atoms. The molecule has 1 saturated carbocycles. The molecule has 0 aliphatic heterocycles. The first-order valence-corrected chi connectivity index (χ1v) is 15.7. The molecule has 0 radical (unpaired) electrons. The number of aryl methyl sites for hydroxylation is 1. The summed E-state index contributed by atoms with van der Waals surface area (Å²) in [5, 5.41) is 5.70. The van der Waals surface area contributed by atoms with Crippen LogP contribution >= 0.6 is 11.8 Å². The molecule has 210 valence electrons. The molecule has 1 spiro atoms. The molecule has 1 aromatic heterocycles. The number of anilines is 1. The summed E-state index contributed by atoms with van der Waals surface area (Å²) in [6, 6.07) is 30.3. The van der Waals surface area contributed by atoms with Crippen LogP contribution in [-0.2, 0) is 16.6 Å². The fourth-order valence-corrected chi connectivity index (χ4v) is 7.74. The van der Waals surface area contributed by atoms with Crippen LogP contribution in [-0.4, -0.2) is 21.2 Å². The quantitative estimate of drug-likeness (QED) is 0.172. The SMILES string of the molecule is Cc1cccc(-n2c(SCC(=O)Nc3cccc4ccccc34)nc3c(c2=O)C2(CCCCC2)Cc2ccccc2-3)c1. The van der Waals surface area contributed by atoms with Crippen LogP contribution in [0.1, 0.15) is 48.8 Å². The summed E-state index contributed by atoms with van der Waals surface area (Å²) in [5.74, 6) is -0.00387. The number of benzene rings is 4. The minimum absolute atomic E-state index is 0.000959. The zero-order chi connectivity index (χ0) is 28.7. The van der Waals surface area contributed by atoms with E-state index in [1.54, 1.807) is 4.57 Å². The number of carbonyl (C=O) groups is 1. The van der Waals surface area contributed by atoms with E-state index in [0.717, 1.165) is 76.6 Å². The van der Waals surface area contributed by atoms with Crippen molar-refractivity contribution in [3.05, 3.63) is 118 Å². The van der Waals surface area contributed by atoms with Crippen LogP contribution in [0.3, 0.4) is 0 Å². The van der Waals surface area contributed by atoms with Crippen LogP contribution in [0.4, 0.5) is 5.69 Å². The molecule has 6 heteroatoms. The lowest BCUT2D eigenvalue weighted by atomic mass is 9.62. The Kier molecular flexibility index (Phi) is 6.95. The minimum atomic E-state index is -0.202. The lowest BCUT2D eigenvalue weighted by molar-refractivity contribution is -0.113. The molecule has 7 rings (SSSR count). The average Bonchev–Trinajstić information content (AvgIpc) is 3.00. The number of carbonyl (C=O) groups excluding carboxylic acids is 1. The molecule has 0 saturated heterocycles. The molecule has 1 heterocycles. The van der Waals surface area contributed by atoms with E-state index in [1.807, 2.05) is 79.7 Å². The third-order valence-corrected chi connectivity index (χ3v) is 9.79. The molecule has 4 aromatic carbocycles. The molecule has 5 aromatic rings. The van der Waals surface area contributed by atoms with Crippen LogP contribution < -0.4 is 10.9 Å². The smallest absolute Gasteiger partial charge is 0.263 e. The number of nitrogens with one attached hydrogen (secondary N) is 1. The Morgan fingerprint density at radius 3 is 2.55 bits per heavy atom. The largest absolute Gasteiger partial charge is 0.325 e. The molecule has 5 nitrogen and oxygen atoms in total. The zero-order valence-corrected chi connectivity index (χ0v) is 24.5. The fraction of sp³-hybridized carbons (Fsp3) is 0.250. The van der Waals surface area contributed by atoms with Crippen LogP contribution in [0, 0.1) is 6.92 Å². The van der Waals surface area contributed by atoms with Crippen LogP contribution in [0.15, 0.2) is 101 Å². The second-order valence-corrected chi connectivity index (χ2v) is 12.6. The van der Waals surface area contributed by atoms with Gasteiger partial charge in [-0.2, -0.15) is 0 Å². The van der Waals surface area contributed by atoms with E-state index in [2.05, 4.69) is 23.5 Å². The van der Waals surface area contributed by atoms with Gasteiger partial charge in [0, 0.05) is 22.1 Å². The average molecular weight is 572 g/mol. The topological polar surface area (TPSA) is 64.0 Å². The maximum atomic E-state index is 14.7. The van der Waals surface area contributed by atoms with Crippen molar-refractivity contribution in [2.75, 3.05) is 11.1 Å². The second kappa shape index (κ2) is 10.9. The first kappa shape index (κ1) is 26.7. The summed E-state index contributed by atoms with van der Waals surface area (Å²) in [6.07, 6.45) is 6.32. The lowest BCUT2D eigenvalue weighted by Gasteiger charge is -2.42. The number of fused-ring (bicyclic) bond motifs is 5. The molecule has 0 unspecified atom stereocenters. The van der Waals surface area contributed by atoms with Crippen molar-refractivity contribution in [3.63, 3.8) is 0 Å². The first-order chi connectivity index (χ1) is 20.5. The fourth-order valence-electron chi connectivity index (χ4n) is 6.93. The Labute approximate surface area is 250 Å². The van der Waals surface area contributed by atoms with Crippen molar-refractivity contribution in [1.29, 1.82) is 0 Å². The number of thioether (sulfide) groups is 1. The number of aromatic nitrogens is 2. The van der Waals surface area contributed by atoms with Gasteiger partial charge in [-0.1, -0.05) is 104 Å². The Bertz CT molecular complexity index is 1880. The van der Waals surface area contributed by atoms with E-state index in [0.29, 0.717) is 5.16 Å². The van der Waals surface area contributed by atoms with E-state index < -0.39 is 0 Å². The molecule has 1 amide bonds. The van der Waals surface area contributed by atoms with E-state index in [-0.39, 0.29) is 22.6 Å². The Balaban J connectivity index is 1.32. The van der Waals surface area contributed by atoms with Gasteiger partial charge in [-0.15, -0.1) is 0 Å². The third kappa shape index (κ3) is 4.74. The summed E-state index contributed by atoms with van der Waals surface area (Å²) in [6.45, 7) is 2.03. The second-order valence-electron chi connectivity index (χ2n) is 11.6. The van der Waals surface area contributed by atoms with Gasteiger partial charge >= 0.3 is 0 Å². The van der Waals surface area contributed by atoms with E-state index in [1.165, 1.54) is 23.7 Å². The van der Waals surface area contributed by atoms with E-state index in [4.69, 9.17) is 4.98 Å². The van der Waals surface area contributed by atoms with Gasteiger partial charge in [0.2, 0.25) is 5.91 Å². The van der Waals surface area contributed by atoms with Gasteiger partial charge < -0.3 is 5.32 Å². The van der Waals surface area contributed by atoms with Crippen LogP contribution in [0.5, 0.6) is 0 Å². The minimum Gasteiger partial charge on any atom is -0.325 e. The van der Waals surface area contributed by atoms with E-state index in [9.17, 15) is 9.59 Å². The maximum Gasteiger partial charge on any atom is 0.263 e. The van der Waals surface area contributed by atoms with Crippen molar-refractivity contribution < 1.29 is 4.79 Å². The van der Waals surface area contributed by atoms with E-state index >= 15 is 0 Å². The number of hydrogen-bond donors (Lipinski definition) is 1. The molecular formula is C36H33N3O2S. The number of nitrogens with zero attached hydrogens (tertiary/aromatic N) is 2. The zero-order valence-electron chi connectivity index (χ0n) is 23.7. The van der Waals surface area contributed by atoms with Gasteiger partial charge in [0.05, 0.1) is 22.7 Å². The predicted octanol–water partition coefficient (Wildman–Crippen LogP) is 7.85. The molecule has 2 aliphatic rings. The molecule has 1 fully saturated rings. The molecule has 2 aliphatic carbocycles. The molecule has 42 heavy (non-hydrogen) atoms. The Hall–Kier alpha value is -4.16. The van der Waals surface area contributed by atoms with Crippen LogP contribution in [0.25, 0.3) is 27.7 Å². The molecular weight excluding hydrogens is 538 g/mol. The summed E-state index contributed by atoms with van der Waals surface area (Å²) in [7, 11) is 0. The van der Waals surface area contributed by atoms with Crippen molar-refractivity contribution in [2.45, 2.75) is 56.0 Å². The highest BCUT2D eigenvalue weighted by Gasteiger charge is 2.43. The number of hydrogen-bond acceptors (Lipinski definition) is 4. The summed E-state index contributed by atoms with van der Waals surface area (Å²) in [4.78, 5) is 33.3. The Morgan fingerprint density at radius 1 is 0.929 bits per heavy atom. The van der Waals surface area contributed by atoms with Crippen LogP contribution in [0.2, 0.25) is 0 Å². The molecule has 1 N–H and O–H groups in total. The van der Waals surface area contributed by atoms with Gasteiger partial charge in [0.25, 0.3) is 5.56 Å². The monoisotopic (exact) mass is 571 g/mol. The van der Waals surface area contributed by atoms with Crippen molar-refractivity contribution >= 4 is 34.1 Å². The number of amides is 1. The number of rotatable bonds is 5. The van der Waals surface area contributed by atoms with Crippen molar-refractivity contribution in [1.82, 2.24) is 9.55 Å². The standard InChI is InChI=1S/C36H33N3O2S/c1-24-11-9-15-27(21-24)39-34(41)32-33(29-17-6-4-13-26(29)22-36(32)19-7-2-8-20-36)38-35(39)42-23-31(40)37-30-18-10-14-25-12-3-5-16-28(25)30/h3-6,9-18,21H,2,7-8,19-20,22-23H2,1H3,(H,37,40). The highest BCUT2D eigenvalue weighted by atomic mass is 32.2.